The third-order valence-electron chi connectivity index (χ3n) is 4.25. The number of hydrogen-bond donors (Lipinski definition) is 0. The Hall–Kier alpha value is -2.40. The van der Waals surface area contributed by atoms with Crippen molar-refractivity contribution in [1.82, 2.24) is 24.0 Å². The Morgan fingerprint density at radius 2 is 1.88 bits per heavy atom. The van der Waals surface area contributed by atoms with E-state index >= 15 is 0 Å². The number of sulfonamides is 1. The van der Waals surface area contributed by atoms with Crippen LogP contribution in [0.4, 0.5) is 8.78 Å². The van der Waals surface area contributed by atoms with Crippen LogP contribution in [0.1, 0.15) is 13.0 Å². The minimum Gasteiger partial charge on any atom is -0.338 e. The predicted molar refractivity (Wildman–Crippen MR) is 86.4 cm³/mol. The number of nitrogens with zero attached hydrogens (tertiary/aromatic N) is 5. The molecule has 140 valence electrons. The van der Waals surface area contributed by atoms with Crippen LogP contribution in [0.2, 0.25) is 0 Å². The zero-order chi connectivity index (χ0) is 18.9. The molecule has 0 bridgehead atoms. The summed E-state index contributed by atoms with van der Waals surface area (Å²) in [5, 5.41) is 3.92. The van der Waals surface area contributed by atoms with Gasteiger partial charge in [-0.1, -0.05) is 0 Å². The molecule has 0 N–H and O–H groups in total. The van der Waals surface area contributed by atoms with Crippen molar-refractivity contribution < 1.29 is 22.0 Å². The lowest BCUT2D eigenvalue weighted by Crippen LogP contribution is -2.51. The highest BCUT2D eigenvalue weighted by atomic mass is 32.2. The molecule has 8 nitrogen and oxygen atoms in total. The molecule has 0 radical (unpaired) electrons. The quantitative estimate of drug-likeness (QED) is 0.771. The molecule has 1 aliphatic rings. The van der Waals surface area contributed by atoms with Crippen molar-refractivity contribution in [3.8, 4) is 0 Å². The third-order valence-corrected chi connectivity index (χ3v) is 6.17. The first-order valence-corrected chi connectivity index (χ1v) is 9.33. The van der Waals surface area contributed by atoms with Gasteiger partial charge in [-0.05, 0) is 25.1 Å². The van der Waals surface area contributed by atoms with Crippen molar-refractivity contribution in [2.24, 2.45) is 0 Å². The fourth-order valence-corrected chi connectivity index (χ4v) is 4.26. The van der Waals surface area contributed by atoms with Gasteiger partial charge >= 0.3 is 0 Å². The van der Waals surface area contributed by atoms with E-state index in [2.05, 4.69) is 10.1 Å². The van der Waals surface area contributed by atoms with Gasteiger partial charge in [-0.25, -0.2) is 26.9 Å². The molecule has 11 heteroatoms. The van der Waals surface area contributed by atoms with E-state index in [4.69, 9.17) is 0 Å². The number of piperazine rings is 1. The molecule has 0 aliphatic carbocycles. The van der Waals surface area contributed by atoms with Gasteiger partial charge in [-0.3, -0.25) is 4.79 Å². The van der Waals surface area contributed by atoms with E-state index in [0.717, 1.165) is 16.4 Å². The summed E-state index contributed by atoms with van der Waals surface area (Å²) in [5.74, 6) is -2.06. The molecule has 1 amide bonds. The summed E-state index contributed by atoms with van der Waals surface area (Å²) < 4.78 is 54.7. The Kier molecular flexibility index (Phi) is 5.01. The van der Waals surface area contributed by atoms with Crippen LogP contribution in [0.15, 0.2) is 35.7 Å². The second-order valence-corrected chi connectivity index (χ2v) is 7.76. The second-order valence-electron chi connectivity index (χ2n) is 5.86. The largest absolute Gasteiger partial charge is 0.338 e. The van der Waals surface area contributed by atoms with E-state index < -0.39 is 32.6 Å². The molecule has 1 aliphatic heterocycles. The van der Waals surface area contributed by atoms with Gasteiger partial charge in [0.15, 0.2) is 0 Å². The van der Waals surface area contributed by atoms with Crippen LogP contribution >= 0.6 is 0 Å². The molecule has 1 saturated heterocycles. The lowest BCUT2D eigenvalue weighted by Gasteiger charge is -2.35. The highest BCUT2D eigenvalue weighted by Crippen LogP contribution is 2.22. The predicted octanol–water partition coefficient (Wildman–Crippen LogP) is 0.650. The molecule has 1 aromatic heterocycles. The van der Waals surface area contributed by atoms with Gasteiger partial charge in [-0.2, -0.15) is 9.40 Å². The highest BCUT2D eigenvalue weighted by molar-refractivity contribution is 7.89. The Morgan fingerprint density at radius 1 is 1.19 bits per heavy atom. The summed E-state index contributed by atoms with van der Waals surface area (Å²) in [6.07, 6.45) is 2.75. The van der Waals surface area contributed by atoms with Crippen LogP contribution < -0.4 is 0 Å². The summed E-state index contributed by atoms with van der Waals surface area (Å²) in [6.45, 7) is 1.95. The molecular formula is C15H17F2N5O3S. The lowest BCUT2D eigenvalue weighted by molar-refractivity contribution is -0.135. The maximum atomic E-state index is 13.8. The minimum atomic E-state index is -4.17. The fourth-order valence-electron chi connectivity index (χ4n) is 2.76. The molecule has 0 unspecified atom stereocenters. The van der Waals surface area contributed by atoms with Crippen LogP contribution in [-0.2, 0) is 14.8 Å². The molecule has 2 aromatic rings. The number of aromatic nitrogens is 3. The van der Waals surface area contributed by atoms with E-state index in [0.29, 0.717) is 6.07 Å². The molecule has 1 fully saturated rings. The number of halogens is 2. The molecule has 0 spiro atoms. The number of amides is 1. The average Bonchev–Trinajstić information content (AvgIpc) is 3.17. The van der Waals surface area contributed by atoms with Gasteiger partial charge in [0.2, 0.25) is 15.9 Å². The first kappa shape index (κ1) is 18.4. The van der Waals surface area contributed by atoms with Crippen LogP contribution in [0, 0.1) is 11.6 Å². The first-order chi connectivity index (χ1) is 12.3. The molecule has 2 heterocycles. The summed E-state index contributed by atoms with van der Waals surface area (Å²) in [4.78, 5) is 17.1. The third kappa shape index (κ3) is 3.44. The fraction of sp³-hybridized carbons (Fsp3) is 0.400. The van der Waals surface area contributed by atoms with E-state index in [1.54, 1.807) is 6.92 Å². The Bertz CT molecular complexity index is 896. The maximum absolute atomic E-state index is 13.8. The zero-order valence-corrected chi connectivity index (χ0v) is 14.7. The van der Waals surface area contributed by atoms with Gasteiger partial charge in [0.1, 0.15) is 35.2 Å². The van der Waals surface area contributed by atoms with E-state index in [1.807, 2.05) is 0 Å². The summed E-state index contributed by atoms with van der Waals surface area (Å²) >= 11 is 0. The van der Waals surface area contributed by atoms with Crippen LogP contribution in [0.3, 0.4) is 0 Å². The average molecular weight is 385 g/mol. The summed E-state index contributed by atoms with van der Waals surface area (Å²) in [6, 6.07) is 1.73. The molecule has 1 atom stereocenters. The zero-order valence-electron chi connectivity index (χ0n) is 13.9. The SMILES string of the molecule is C[C@H](C(=O)N1CCN(S(=O)(=O)c2cc(F)ccc2F)CC1)n1cncn1. The van der Waals surface area contributed by atoms with Crippen LogP contribution in [0.25, 0.3) is 0 Å². The monoisotopic (exact) mass is 385 g/mol. The van der Waals surface area contributed by atoms with E-state index in [-0.39, 0.29) is 32.1 Å². The second kappa shape index (κ2) is 7.08. The Morgan fingerprint density at radius 3 is 2.50 bits per heavy atom. The van der Waals surface area contributed by atoms with E-state index in [1.165, 1.54) is 22.2 Å². The van der Waals surface area contributed by atoms with Crippen molar-refractivity contribution in [3.05, 3.63) is 42.5 Å². The van der Waals surface area contributed by atoms with Gasteiger partial charge < -0.3 is 4.90 Å². The van der Waals surface area contributed by atoms with Gasteiger partial charge in [0.05, 0.1) is 0 Å². The molecular weight excluding hydrogens is 368 g/mol. The number of rotatable bonds is 4. The van der Waals surface area contributed by atoms with Crippen molar-refractivity contribution >= 4 is 15.9 Å². The highest BCUT2D eigenvalue weighted by Gasteiger charge is 2.33. The molecule has 0 saturated carbocycles. The molecule has 26 heavy (non-hydrogen) atoms. The lowest BCUT2D eigenvalue weighted by atomic mass is 10.2. The Balaban J connectivity index is 1.70. The van der Waals surface area contributed by atoms with E-state index in [9.17, 15) is 22.0 Å². The Labute approximate surface area is 149 Å². The number of carbonyl (C=O) groups is 1. The normalized spacial score (nSPS) is 17.3. The van der Waals surface area contributed by atoms with Crippen LogP contribution in [0.5, 0.6) is 0 Å². The first-order valence-electron chi connectivity index (χ1n) is 7.89. The van der Waals surface area contributed by atoms with Crippen molar-refractivity contribution in [1.29, 1.82) is 0 Å². The molecule has 3 rings (SSSR count). The maximum Gasteiger partial charge on any atom is 0.247 e. The van der Waals surface area contributed by atoms with Crippen molar-refractivity contribution in [2.45, 2.75) is 17.9 Å². The summed E-state index contributed by atoms with van der Waals surface area (Å²) in [5.41, 5.74) is 0. The number of hydrogen-bond acceptors (Lipinski definition) is 5. The van der Waals surface area contributed by atoms with Crippen LogP contribution in [-0.4, -0.2) is 64.5 Å². The topological polar surface area (TPSA) is 88.4 Å². The van der Waals surface area contributed by atoms with Gasteiger partial charge in [0, 0.05) is 26.2 Å². The van der Waals surface area contributed by atoms with Crippen molar-refractivity contribution in [2.75, 3.05) is 26.2 Å². The molecule has 1 aromatic carbocycles. The number of benzene rings is 1. The standard InChI is InChI=1S/C15H17F2N5O3S/c1-11(22-10-18-9-19-22)15(23)20-4-6-21(7-5-20)26(24,25)14-8-12(16)2-3-13(14)17/h2-3,8-11H,4-7H2,1H3/t11-/m1/s1. The smallest absolute Gasteiger partial charge is 0.247 e. The van der Waals surface area contributed by atoms with Gasteiger partial charge in [-0.15, -0.1) is 0 Å². The van der Waals surface area contributed by atoms with Gasteiger partial charge in [0.25, 0.3) is 0 Å². The van der Waals surface area contributed by atoms with Crippen molar-refractivity contribution in [3.63, 3.8) is 0 Å². The summed E-state index contributed by atoms with van der Waals surface area (Å²) in [7, 11) is -4.17. The number of carbonyl (C=O) groups excluding carboxylic acids is 1. The minimum absolute atomic E-state index is 0.00585.